The molecular formula is C13H25N3O. The molecule has 0 aliphatic rings. The van der Waals surface area contributed by atoms with Crippen molar-refractivity contribution in [2.75, 3.05) is 6.61 Å². The van der Waals surface area contributed by atoms with Crippen LogP contribution in [-0.4, -0.2) is 26.8 Å². The van der Waals surface area contributed by atoms with Crippen LogP contribution in [0.5, 0.6) is 0 Å². The van der Waals surface area contributed by atoms with Crippen LogP contribution >= 0.6 is 0 Å². The van der Waals surface area contributed by atoms with Gasteiger partial charge in [0.1, 0.15) is 5.82 Å². The molecule has 0 aromatic carbocycles. The third-order valence-electron chi connectivity index (χ3n) is 2.64. The van der Waals surface area contributed by atoms with Gasteiger partial charge in [-0.1, -0.05) is 0 Å². The van der Waals surface area contributed by atoms with Crippen LogP contribution in [0.15, 0.2) is 12.4 Å². The van der Waals surface area contributed by atoms with E-state index in [-0.39, 0.29) is 5.54 Å². The molecule has 2 N–H and O–H groups in total. The second-order valence-corrected chi connectivity index (χ2v) is 5.42. The number of aromatic nitrogens is 2. The Labute approximate surface area is 104 Å². The zero-order valence-electron chi connectivity index (χ0n) is 11.2. The van der Waals surface area contributed by atoms with Gasteiger partial charge < -0.3 is 15.0 Å². The van der Waals surface area contributed by atoms with Crippen molar-refractivity contribution in [2.24, 2.45) is 0 Å². The van der Waals surface area contributed by atoms with Gasteiger partial charge in [-0.05, 0) is 40.0 Å². The van der Waals surface area contributed by atoms with Crippen molar-refractivity contribution in [3.63, 3.8) is 0 Å². The molecule has 1 heterocycles. The van der Waals surface area contributed by atoms with E-state index in [0.29, 0.717) is 6.61 Å². The molecule has 4 nitrogen and oxygen atoms in total. The van der Waals surface area contributed by atoms with Crippen molar-refractivity contribution < 1.29 is 5.11 Å². The van der Waals surface area contributed by atoms with E-state index < -0.39 is 0 Å². The molecule has 0 unspecified atom stereocenters. The Kier molecular flexibility index (Phi) is 5.65. The zero-order valence-corrected chi connectivity index (χ0v) is 11.2. The van der Waals surface area contributed by atoms with Gasteiger partial charge in [-0.25, -0.2) is 4.98 Å². The van der Waals surface area contributed by atoms with Gasteiger partial charge in [0, 0.05) is 31.1 Å². The van der Waals surface area contributed by atoms with E-state index in [1.54, 1.807) is 0 Å². The highest BCUT2D eigenvalue weighted by Crippen LogP contribution is 2.05. The summed E-state index contributed by atoms with van der Waals surface area (Å²) >= 11 is 0. The number of nitrogens with one attached hydrogen (secondary N) is 1. The maximum atomic E-state index is 8.72. The van der Waals surface area contributed by atoms with E-state index >= 15 is 0 Å². The molecule has 0 atom stereocenters. The van der Waals surface area contributed by atoms with Gasteiger partial charge in [-0.3, -0.25) is 0 Å². The average Bonchev–Trinajstić information content (AvgIpc) is 2.68. The number of hydrogen-bond donors (Lipinski definition) is 2. The summed E-state index contributed by atoms with van der Waals surface area (Å²) < 4.78 is 2.19. The molecule has 98 valence electrons. The van der Waals surface area contributed by atoms with Crippen LogP contribution in [0.2, 0.25) is 0 Å². The molecule has 0 saturated carbocycles. The second-order valence-electron chi connectivity index (χ2n) is 5.42. The predicted molar refractivity (Wildman–Crippen MR) is 69.8 cm³/mol. The second kappa shape index (κ2) is 6.77. The molecule has 1 aromatic rings. The van der Waals surface area contributed by atoms with Gasteiger partial charge in [-0.2, -0.15) is 0 Å². The topological polar surface area (TPSA) is 50.1 Å². The van der Waals surface area contributed by atoms with Gasteiger partial charge in [0.2, 0.25) is 0 Å². The molecule has 0 aliphatic heterocycles. The van der Waals surface area contributed by atoms with Crippen molar-refractivity contribution in [3.05, 3.63) is 18.2 Å². The molecule has 0 amide bonds. The molecule has 1 aromatic heterocycles. The summed E-state index contributed by atoms with van der Waals surface area (Å²) in [5.74, 6) is 1.09. The number of rotatable bonds is 7. The van der Waals surface area contributed by atoms with E-state index in [1.165, 1.54) is 0 Å². The number of unbranched alkanes of at least 4 members (excludes halogenated alkanes) is 2. The van der Waals surface area contributed by atoms with Gasteiger partial charge in [-0.15, -0.1) is 0 Å². The van der Waals surface area contributed by atoms with Gasteiger partial charge >= 0.3 is 0 Å². The van der Waals surface area contributed by atoms with Crippen LogP contribution in [0.1, 0.15) is 45.9 Å². The summed E-state index contributed by atoms with van der Waals surface area (Å²) in [6.45, 7) is 8.55. The van der Waals surface area contributed by atoms with Crippen molar-refractivity contribution in [2.45, 2.75) is 58.7 Å². The third-order valence-corrected chi connectivity index (χ3v) is 2.64. The number of hydrogen-bond acceptors (Lipinski definition) is 3. The first kappa shape index (κ1) is 14.2. The lowest BCUT2D eigenvalue weighted by molar-refractivity contribution is 0.281. The Morgan fingerprint density at radius 1 is 1.29 bits per heavy atom. The van der Waals surface area contributed by atoms with E-state index in [9.17, 15) is 0 Å². The third kappa shape index (κ3) is 5.84. The van der Waals surface area contributed by atoms with Crippen LogP contribution < -0.4 is 5.32 Å². The molecule has 17 heavy (non-hydrogen) atoms. The van der Waals surface area contributed by atoms with Crippen molar-refractivity contribution in [1.82, 2.24) is 14.9 Å². The molecule has 0 saturated heterocycles. The van der Waals surface area contributed by atoms with E-state index in [1.807, 2.05) is 12.4 Å². The first-order valence-corrected chi connectivity index (χ1v) is 6.39. The Bertz CT molecular complexity index is 315. The summed E-state index contributed by atoms with van der Waals surface area (Å²) in [6.07, 6.45) is 6.94. The first-order chi connectivity index (χ1) is 8.03. The molecule has 0 radical (unpaired) electrons. The molecule has 4 heteroatoms. The summed E-state index contributed by atoms with van der Waals surface area (Å²) in [5, 5.41) is 12.2. The van der Waals surface area contributed by atoms with E-state index in [2.05, 4.69) is 35.6 Å². The van der Waals surface area contributed by atoms with Gasteiger partial charge in [0.15, 0.2) is 0 Å². The fourth-order valence-electron chi connectivity index (χ4n) is 1.63. The van der Waals surface area contributed by atoms with Crippen molar-refractivity contribution in [1.29, 1.82) is 0 Å². The summed E-state index contributed by atoms with van der Waals surface area (Å²) in [5.41, 5.74) is 0.119. The summed E-state index contributed by atoms with van der Waals surface area (Å²) in [4.78, 5) is 4.37. The minimum absolute atomic E-state index is 0.119. The molecule has 1 rings (SSSR count). The smallest absolute Gasteiger partial charge is 0.122 e. The molecule has 0 spiro atoms. The standard InChI is InChI=1S/C13H25N3O/c1-13(2,3)15-11-12-14-7-9-16(12)8-5-4-6-10-17/h7,9,15,17H,4-6,8,10-11H2,1-3H3. The zero-order chi connectivity index (χ0) is 12.7. The van der Waals surface area contributed by atoms with Crippen molar-refractivity contribution >= 4 is 0 Å². The highest BCUT2D eigenvalue weighted by molar-refractivity contribution is 4.93. The lowest BCUT2D eigenvalue weighted by Gasteiger charge is -2.20. The number of imidazole rings is 1. The quantitative estimate of drug-likeness (QED) is 0.715. The fourth-order valence-corrected chi connectivity index (χ4v) is 1.63. The normalized spacial score (nSPS) is 12.0. The number of aliphatic hydroxyl groups is 1. The van der Waals surface area contributed by atoms with Crippen molar-refractivity contribution in [3.8, 4) is 0 Å². The lowest BCUT2D eigenvalue weighted by atomic mass is 10.1. The Balaban J connectivity index is 2.37. The van der Waals surface area contributed by atoms with E-state index in [0.717, 1.165) is 38.2 Å². The summed E-state index contributed by atoms with van der Waals surface area (Å²) in [6, 6.07) is 0. The molecule has 0 fully saturated rings. The largest absolute Gasteiger partial charge is 0.396 e. The fraction of sp³-hybridized carbons (Fsp3) is 0.769. The highest BCUT2D eigenvalue weighted by atomic mass is 16.2. The highest BCUT2D eigenvalue weighted by Gasteiger charge is 2.10. The average molecular weight is 239 g/mol. The van der Waals surface area contributed by atoms with Gasteiger partial charge in [0.25, 0.3) is 0 Å². The molecular weight excluding hydrogens is 214 g/mol. The Morgan fingerprint density at radius 2 is 2.06 bits per heavy atom. The Hall–Kier alpha value is -0.870. The Morgan fingerprint density at radius 3 is 2.71 bits per heavy atom. The monoisotopic (exact) mass is 239 g/mol. The maximum absolute atomic E-state index is 8.72. The minimum Gasteiger partial charge on any atom is -0.396 e. The SMILES string of the molecule is CC(C)(C)NCc1nccn1CCCCCO. The number of nitrogens with zero attached hydrogens (tertiary/aromatic N) is 2. The minimum atomic E-state index is 0.119. The van der Waals surface area contributed by atoms with Crippen LogP contribution in [0.3, 0.4) is 0 Å². The number of aliphatic hydroxyl groups excluding tert-OH is 1. The van der Waals surface area contributed by atoms with E-state index in [4.69, 9.17) is 5.11 Å². The maximum Gasteiger partial charge on any atom is 0.122 e. The number of aryl methyl sites for hydroxylation is 1. The predicted octanol–water partition coefficient (Wildman–Crippen LogP) is 1.93. The van der Waals surface area contributed by atoms with Crippen LogP contribution in [0.4, 0.5) is 0 Å². The first-order valence-electron chi connectivity index (χ1n) is 6.39. The lowest BCUT2D eigenvalue weighted by Crippen LogP contribution is -2.35. The van der Waals surface area contributed by atoms with Crippen LogP contribution in [-0.2, 0) is 13.1 Å². The molecule has 0 aliphatic carbocycles. The summed E-state index contributed by atoms with van der Waals surface area (Å²) in [7, 11) is 0. The molecule has 0 bridgehead atoms. The van der Waals surface area contributed by atoms with Crippen LogP contribution in [0.25, 0.3) is 0 Å². The van der Waals surface area contributed by atoms with Gasteiger partial charge in [0.05, 0.1) is 6.54 Å². The van der Waals surface area contributed by atoms with Crippen LogP contribution in [0, 0.1) is 0 Å².